The van der Waals surface area contributed by atoms with Gasteiger partial charge in [0.05, 0.1) is 22.3 Å². The van der Waals surface area contributed by atoms with Crippen molar-refractivity contribution in [1.29, 1.82) is 0 Å². The van der Waals surface area contributed by atoms with Crippen LogP contribution < -0.4 is 0 Å². The molecular weight excluding hydrogens is 344 g/mol. The molecule has 0 fully saturated rings. The van der Waals surface area contributed by atoms with Crippen molar-refractivity contribution in [3.63, 3.8) is 0 Å². The highest BCUT2D eigenvalue weighted by atomic mass is 16.6. The number of ether oxygens (including phenoxy) is 2. The highest BCUT2D eigenvalue weighted by molar-refractivity contribution is 6.03. The summed E-state index contributed by atoms with van der Waals surface area (Å²) in [5.41, 5.74) is 0.485. The van der Waals surface area contributed by atoms with Gasteiger partial charge in [0.2, 0.25) is 0 Å². The Morgan fingerprint density at radius 2 is 1.15 bits per heavy atom. The van der Waals surface area contributed by atoms with Gasteiger partial charge >= 0.3 is 23.9 Å². The Morgan fingerprint density at radius 1 is 0.731 bits per heavy atom. The van der Waals surface area contributed by atoms with Crippen LogP contribution in [0.1, 0.15) is 41.4 Å². The highest BCUT2D eigenvalue weighted by Crippen LogP contribution is 2.13. The molecule has 8 nitrogen and oxygen atoms in total. The molecule has 2 N–H and O–H groups in total. The molecule has 0 radical (unpaired) electrons. The van der Waals surface area contributed by atoms with Gasteiger partial charge in [-0.25, -0.2) is 19.2 Å². The number of rotatable bonds is 2. The standard InChI is InChI=1S/C10H8O4.C8H6O4/c11-9-7-3-1-2-4-8(7)10(12)14-6-5-13-9;9-7(10)5-2-1-3-6(4-5)8(11)12/h1-4H,5-6H2;1-4H,(H,9,10)(H,11,12). The van der Waals surface area contributed by atoms with Crippen LogP contribution in [0.25, 0.3) is 0 Å². The first-order valence-corrected chi connectivity index (χ1v) is 7.40. The van der Waals surface area contributed by atoms with Gasteiger partial charge in [0.1, 0.15) is 13.2 Å². The van der Waals surface area contributed by atoms with Crippen molar-refractivity contribution < 1.29 is 38.9 Å². The number of benzene rings is 2. The zero-order chi connectivity index (χ0) is 19.1. The molecular formula is C18H14O8. The molecule has 0 aromatic heterocycles. The third kappa shape index (κ3) is 4.67. The Hall–Kier alpha value is -3.68. The minimum absolute atomic E-state index is 0.0186. The van der Waals surface area contributed by atoms with Gasteiger partial charge in [0.15, 0.2) is 0 Å². The lowest BCUT2D eigenvalue weighted by Crippen LogP contribution is -2.21. The molecule has 0 bridgehead atoms. The molecule has 2 aromatic rings. The maximum Gasteiger partial charge on any atom is 0.339 e. The summed E-state index contributed by atoms with van der Waals surface area (Å²) < 4.78 is 9.68. The maximum absolute atomic E-state index is 11.4. The second-order valence-corrected chi connectivity index (χ2v) is 5.01. The van der Waals surface area contributed by atoms with Crippen LogP contribution in [0.4, 0.5) is 0 Å². The van der Waals surface area contributed by atoms with Gasteiger partial charge in [-0.2, -0.15) is 0 Å². The molecule has 3 rings (SSSR count). The summed E-state index contributed by atoms with van der Waals surface area (Å²) in [6, 6.07) is 11.6. The lowest BCUT2D eigenvalue weighted by Gasteiger charge is -2.13. The van der Waals surface area contributed by atoms with Crippen LogP contribution in [-0.4, -0.2) is 47.3 Å². The third-order valence-corrected chi connectivity index (χ3v) is 3.27. The van der Waals surface area contributed by atoms with Crippen molar-refractivity contribution in [1.82, 2.24) is 0 Å². The van der Waals surface area contributed by atoms with E-state index < -0.39 is 23.9 Å². The van der Waals surface area contributed by atoms with E-state index in [2.05, 4.69) is 0 Å². The summed E-state index contributed by atoms with van der Waals surface area (Å²) in [7, 11) is 0. The summed E-state index contributed by atoms with van der Waals surface area (Å²) in [6.07, 6.45) is 0. The fourth-order valence-electron chi connectivity index (χ4n) is 2.05. The van der Waals surface area contributed by atoms with Gasteiger partial charge in [0, 0.05) is 0 Å². The average Bonchev–Trinajstić information content (AvgIpc) is 2.64. The summed E-state index contributed by atoms with van der Waals surface area (Å²) in [6.45, 7) is 0.220. The molecule has 0 saturated carbocycles. The van der Waals surface area contributed by atoms with E-state index in [1.807, 2.05) is 0 Å². The first kappa shape index (κ1) is 18.7. The fourth-order valence-corrected chi connectivity index (χ4v) is 2.05. The lowest BCUT2D eigenvalue weighted by molar-refractivity contribution is 0.0225. The summed E-state index contributed by atoms with van der Waals surface area (Å²) >= 11 is 0. The van der Waals surface area contributed by atoms with Crippen LogP contribution in [0.5, 0.6) is 0 Å². The normalized spacial score (nSPS) is 12.9. The average molecular weight is 358 g/mol. The van der Waals surface area contributed by atoms with Gasteiger partial charge in [0.25, 0.3) is 0 Å². The predicted octanol–water partition coefficient (Wildman–Crippen LogP) is 2.10. The monoisotopic (exact) mass is 358 g/mol. The number of carboxylic acids is 2. The molecule has 0 saturated heterocycles. The van der Waals surface area contributed by atoms with Gasteiger partial charge < -0.3 is 19.7 Å². The SMILES string of the molecule is O=C(O)c1cccc(C(=O)O)c1.O=C1OCCOC(=O)c2ccccc21. The lowest BCUT2D eigenvalue weighted by atomic mass is 10.1. The topological polar surface area (TPSA) is 127 Å². The summed E-state index contributed by atoms with van der Waals surface area (Å²) in [5, 5.41) is 17.0. The number of hydrogen-bond acceptors (Lipinski definition) is 6. The van der Waals surface area contributed by atoms with Crippen molar-refractivity contribution in [2.45, 2.75) is 0 Å². The highest BCUT2D eigenvalue weighted by Gasteiger charge is 2.21. The predicted molar refractivity (Wildman–Crippen MR) is 87.4 cm³/mol. The molecule has 2 aromatic carbocycles. The molecule has 0 atom stereocenters. The number of aromatic carboxylic acids is 2. The second-order valence-electron chi connectivity index (χ2n) is 5.01. The number of cyclic esters (lactones) is 2. The van der Waals surface area contributed by atoms with Crippen LogP contribution in [0.3, 0.4) is 0 Å². The van der Waals surface area contributed by atoms with Crippen LogP contribution in [0.15, 0.2) is 48.5 Å². The Balaban J connectivity index is 0.000000190. The number of carbonyl (C=O) groups is 4. The zero-order valence-electron chi connectivity index (χ0n) is 13.4. The minimum Gasteiger partial charge on any atom is -0.478 e. The van der Waals surface area contributed by atoms with Crippen molar-refractivity contribution in [3.05, 3.63) is 70.8 Å². The van der Waals surface area contributed by atoms with E-state index in [0.717, 1.165) is 6.07 Å². The molecule has 26 heavy (non-hydrogen) atoms. The number of carbonyl (C=O) groups excluding carboxylic acids is 2. The summed E-state index contributed by atoms with van der Waals surface area (Å²) in [4.78, 5) is 43.5. The van der Waals surface area contributed by atoms with Crippen LogP contribution >= 0.6 is 0 Å². The minimum atomic E-state index is -1.13. The van der Waals surface area contributed by atoms with Crippen LogP contribution in [0.2, 0.25) is 0 Å². The zero-order valence-corrected chi connectivity index (χ0v) is 13.4. The number of hydrogen-bond donors (Lipinski definition) is 2. The Labute approximate surface area is 147 Å². The van der Waals surface area contributed by atoms with Crippen molar-refractivity contribution in [2.24, 2.45) is 0 Å². The van der Waals surface area contributed by atoms with Crippen molar-refractivity contribution in [2.75, 3.05) is 13.2 Å². The van der Waals surface area contributed by atoms with Crippen molar-refractivity contribution in [3.8, 4) is 0 Å². The maximum atomic E-state index is 11.4. The second kappa shape index (κ2) is 8.43. The van der Waals surface area contributed by atoms with E-state index in [-0.39, 0.29) is 35.5 Å². The number of fused-ring (bicyclic) bond motifs is 1. The quantitative estimate of drug-likeness (QED) is 0.781. The number of carboxylic acid groups (broad SMARTS) is 2. The van der Waals surface area contributed by atoms with Gasteiger partial charge in [-0.3, -0.25) is 0 Å². The molecule has 134 valence electrons. The summed E-state index contributed by atoms with van der Waals surface area (Å²) in [5.74, 6) is -3.20. The number of esters is 2. The molecule has 0 spiro atoms. The van der Waals surface area contributed by atoms with E-state index >= 15 is 0 Å². The van der Waals surface area contributed by atoms with E-state index in [1.54, 1.807) is 24.3 Å². The van der Waals surface area contributed by atoms with E-state index in [0.29, 0.717) is 0 Å². The molecule has 1 aliphatic heterocycles. The molecule has 0 amide bonds. The molecule has 0 aliphatic carbocycles. The largest absolute Gasteiger partial charge is 0.478 e. The van der Waals surface area contributed by atoms with E-state index in [1.165, 1.54) is 18.2 Å². The van der Waals surface area contributed by atoms with Crippen LogP contribution in [-0.2, 0) is 9.47 Å². The van der Waals surface area contributed by atoms with Gasteiger partial charge in [-0.1, -0.05) is 18.2 Å². The molecule has 0 unspecified atom stereocenters. The molecule has 1 aliphatic rings. The van der Waals surface area contributed by atoms with Crippen LogP contribution in [0, 0.1) is 0 Å². The molecule has 1 heterocycles. The Morgan fingerprint density at radius 3 is 1.54 bits per heavy atom. The van der Waals surface area contributed by atoms with Gasteiger partial charge in [-0.15, -0.1) is 0 Å². The molecule has 8 heteroatoms. The van der Waals surface area contributed by atoms with E-state index in [4.69, 9.17) is 19.7 Å². The Kier molecular flexibility index (Phi) is 6.05. The van der Waals surface area contributed by atoms with Gasteiger partial charge in [-0.05, 0) is 30.3 Å². The van der Waals surface area contributed by atoms with Crippen molar-refractivity contribution >= 4 is 23.9 Å². The first-order chi connectivity index (χ1) is 12.4. The van der Waals surface area contributed by atoms with E-state index in [9.17, 15) is 19.2 Å². The fraction of sp³-hybridized carbons (Fsp3) is 0.111. The first-order valence-electron chi connectivity index (χ1n) is 7.40. The third-order valence-electron chi connectivity index (χ3n) is 3.27. The smallest absolute Gasteiger partial charge is 0.339 e. The Bertz CT molecular complexity index is 790.